The molecule has 0 saturated carbocycles. The van der Waals surface area contributed by atoms with E-state index in [4.69, 9.17) is 11.6 Å². The molecule has 0 fully saturated rings. The van der Waals surface area contributed by atoms with Crippen LogP contribution in [-0.4, -0.2) is 5.11 Å². The minimum absolute atomic E-state index is 0.0545. The normalized spacial score (nSPS) is 12.8. The Kier molecular flexibility index (Phi) is 4.10. The van der Waals surface area contributed by atoms with Crippen molar-refractivity contribution < 1.29 is 5.11 Å². The Morgan fingerprint density at radius 3 is 2.69 bits per heavy atom. The molecule has 1 aromatic rings. The lowest BCUT2D eigenvalue weighted by Gasteiger charge is -2.10. The average Bonchev–Trinajstić information content (AvgIpc) is 2.15. The summed E-state index contributed by atoms with van der Waals surface area (Å²) >= 11 is 6.13. The summed E-state index contributed by atoms with van der Waals surface area (Å²) in [6.07, 6.45) is 3.16. The molecule has 1 atom stereocenters. The number of unbranched alkanes of at least 4 members (excludes halogenated alkanes) is 1. The first-order valence-corrected chi connectivity index (χ1v) is 5.11. The van der Waals surface area contributed by atoms with Gasteiger partial charge < -0.3 is 5.11 Å². The van der Waals surface area contributed by atoms with E-state index >= 15 is 0 Å². The molecule has 0 aliphatic rings. The predicted octanol–water partition coefficient (Wildman–Crippen LogP) is 3.86. The zero-order valence-electron chi connectivity index (χ0n) is 7.83. The van der Waals surface area contributed by atoms with E-state index in [1.54, 1.807) is 6.07 Å². The van der Waals surface area contributed by atoms with E-state index in [0.717, 1.165) is 24.8 Å². The quantitative estimate of drug-likeness (QED) is 0.729. The minimum Gasteiger partial charge on any atom is -0.508 e. The summed E-state index contributed by atoms with van der Waals surface area (Å²) in [5, 5.41) is 9.44. The van der Waals surface area contributed by atoms with Crippen molar-refractivity contribution in [2.24, 2.45) is 0 Å². The minimum atomic E-state index is -0.0545. The van der Waals surface area contributed by atoms with Crippen molar-refractivity contribution in [2.75, 3.05) is 0 Å². The lowest BCUT2D eigenvalue weighted by Crippen LogP contribution is -1.90. The van der Waals surface area contributed by atoms with E-state index in [2.05, 4.69) is 6.92 Å². The van der Waals surface area contributed by atoms with Crippen molar-refractivity contribution in [1.29, 1.82) is 0 Å². The van der Waals surface area contributed by atoms with Crippen LogP contribution in [0.25, 0.3) is 0 Å². The molecule has 0 heterocycles. The summed E-state index contributed by atoms with van der Waals surface area (Å²) in [4.78, 5) is 0. The van der Waals surface area contributed by atoms with Gasteiger partial charge in [-0.25, -0.2) is 0 Å². The SMILES string of the molecule is CCCCC(Cl)c1ccccc1O. The van der Waals surface area contributed by atoms with E-state index in [9.17, 15) is 5.11 Å². The fourth-order valence-corrected chi connectivity index (χ4v) is 1.63. The number of halogens is 1. The Balaban J connectivity index is 2.65. The first-order valence-electron chi connectivity index (χ1n) is 4.67. The lowest BCUT2D eigenvalue weighted by molar-refractivity contribution is 0.465. The monoisotopic (exact) mass is 198 g/mol. The van der Waals surface area contributed by atoms with Crippen LogP contribution in [0.4, 0.5) is 0 Å². The van der Waals surface area contributed by atoms with Gasteiger partial charge in [0.1, 0.15) is 5.75 Å². The maximum atomic E-state index is 9.50. The third-order valence-corrected chi connectivity index (χ3v) is 2.54. The van der Waals surface area contributed by atoms with Crippen molar-refractivity contribution in [3.63, 3.8) is 0 Å². The summed E-state index contributed by atoms with van der Waals surface area (Å²) in [5.41, 5.74) is 0.845. The smallest absolute Gasteiger partial charge is 0.120 e. The third-order valence-electron chi connectivity index (χ3n) is 2.09. The van der Waals surface area contributed by atoms with Gasteiger partial charge in [0.05, 0.1) is 5.38 Å². The molecule has 0 aliphatic heterocycles. The van der Waals surface area contributed by atoms with Crippen LogP contribution in [0.5, 0.6) is 5.75 Å². The number of rotatable bonds is 4. The molecule has 0 aromatic heterocycles. The summed E-state index contributed by atoms with van der Waals surface area (Å²) in [6, 6.07) is 7.26. The molecule has 1 rings (SSSR count). The van der Waals surface area contributed by atoms with Crippen LogP contribution in [0.1, 0.15) is 37.1 Å². The Morgan fingerprint density at radius 1 is 1.38 bits per heavy atom. The zero-order chi connectivity index (χ0) is 9.68. The molecular formula is C11H15ClO. The van der Waals surface area contributed by atoms with Gasteiger partial charge in [0.2, 0.25) is 0 Å². The molecule has 0 radical (unpaired) electrons. The summed E-state index contributed by atoms with van der Waals surface area (Å²) in [5.74, 6) is 0.304. The van der Waals surface area contributed by atoms with E-state index in [1.807, 2.05) is 18.2 Å². The molecule has 72 valence electrons. The van der Waals surface area contributed by atoms with Crippen LogP contribution < -0.4 is 0 Å². The molecule has 2 heteroatoms. The number of hydrogen-bond acceptors (Lipinski definition) is 1. The molecule has 0 saturated heterocycles. The molecule has 0 bridgehead atoms. The Bertz CT molecular complexity index is 260. The first-order chi connectivity index (χ1) is 6.25. The van der Waals surface area contributed by atoms with Crippen LogP contribution in [0.2, 0.25) is 0 Å². The van der Waals surface area contributed by atoms with Gasteiger partial charge in [-0.3, -0.25) is 0 Å². The maximum absolute atomic E-state index is 9.50. The summed E-state index contributed by atoms with van der Waals surface area (Å²) in [7, 11) is 0. The topological polar surface area (TPSA) is 20.2 Å². The van der Waals surface area contributed by atoms with Gasteiger partial charge in [0, 0.05) is 5.56 Å². The van der Waals surface area contributed by atoms with Gasteiger partial charge in [-0.2, -0.15) is 0 Å². The molecule has 1 nitrogen and oxygen atoms in total. The standard InChI is InChI=1S/C11H15ClO/c1-2-3-7-10(12)9-6-4-5-8-11(9)13/h4-6,8,10,13H,2-3,7H2,1H3. The number of para-hydroxylation sites is 1. The second-order valence-corrected chi connectivity index (χ2v) is 3.70. The molecule has 0 amide bonds. The van der Waals surface area contributed by atoms with Gasteiger partial charge >= 0.3 is 0 Å². The van der Waals surface area contributed by atoms with E-state index < -0.39 is 0 Å². The largest absolute Gasteiger partial charge is 0.508 e. The second kappa shape index (κ2) is 5.13. The fraction of sp³-hybridized carbons (Fsp3) is 0.455. The van der Waals surface area contributed by atoms with E-state index in [0.29, 0.717) is 5.75 Å². The highest BCUT2D eigenvalue weighted by Crippen LogP contribution is 2.32. The molecule has 0 aliphatic carbocycles. The van der Waals surface area contributed by atoms with Crippen molar-refractivity contribution in [3.8, 4) is 5.75 Å². The molecule has 13 heavy (non-hydrogen) atoms. The highest BCUT2D eigenvalue weighted by atomic mass is 35.5. The van der Waals surface area contributed by atoms with Crippen molar-refractivity contribution in [2.45, 2.75) is 31.6 Å². The summed E-state index contributed by atoms with van der Waals surface area (Å²) in [6.45, 7) is 2.13. The van der Waals surface area contributed by atoms with Crippen LogP contribution in [0.15, 0.2) is 24.3 Å². The predicted molar refractivity (Wildman–Crippen MR) is 56.2 cm³/mol. The average molecular weight is 199 g/mol. The van der Waals surface area contributed by atoms with Crippen LogP contribution in [0, 0.1) is 0 Å². The molecule has 1 unspecified atom stereocenters. The number of aromatic hydroxyl groups is 1. The van der Waals surface area contributed by atoms with Crippen molar-refractivity contribution in [1.82, 2.24) is 0 Å². The number of hydrogen-bond donors (Lipinski definition) is 1. The molecule has 1 N–H and O–H groups in total. The van der Waals surface area contributed by atoms with Gasteiger partial charge in [0.15, 0.2) is 0 Å². The summed E-state index contributed by atoms with van der Waals surface area (Å²) < 4.78 is 0. The first kappa shape index (κ1) is 10.4. The van der Waals surface area contributed by atoms with E-state index in [-0.39, 0.29) is 5.38 Å². The maximum Gasteiger partial charge on any atom is 0.120 e. The third kappa shape index (κ3) is 2.92. The zero-order valence-corrected chi connectivity index (χ0v) is 8.59. The Labute approximate surface area is 84.4 Å². The van der Waals surface area contributed by atoms with Gasteiger partial charge in [0.25, 0.3) is 0 Å². The number of phenolic OH excluding ortho intramolecular Hbond substituents is 1. The van der Waals surface area contributed by atoms with Crippen molar-refractivity contribution >= 4 is 11.6 Å². The number of phenols is 1. The Morgan fingerprint density at radius 2 is 2.08 bits per heavy atom. The number of benzene rings is 1. The molecular weight excluding hydrogens is 184 g/mol. The number of alkyl halides is 1. The lowest BCUT2D eigenvalue weighted by atomic mass is 10.1. The Hall–Kier alpha value is -0.690. The van der Waals surface area contributed by atoms with Gasteiger partial charge in [-0.15, -0.1) is 11.6 Å². The highest BCUT2D eigenvalue weighted by molar-refractivity contribution is 6.21. The van der Waals surface area contributed by atoms with Crippen LogP contribution >= 0.6 is 11.6 Å². The van der Waals surface area contributed by atoms with Gasteiger partial charge in [-0.1, -0.05) is 38.0 Å². The second-order valence-electron chi connectivity index (χ2n) is 3.17. The highest BCUT2D eigenvalue weighted by Gasteiger charge is 2.10. The fourth-order valence-electron chi connectivity index (χ4n) is 1.29. The van der Waals surface area contributed by atoms with Crippen molar-refractivity contribution in [3.05, 3.63) is 29.8 Å². The van der Waals surface area contributed by atoms with Crippen LogP contribution in [-0.2, 0) is 0 Å². The van der Waals surface area contributed by atoms with Gasteiger partial charge in [-0.05, 0) is 12.5 Å². The van der Waals surface area contributed by atoms with E-state index in [1.165, 1.54) is 0 Å². The molecule has 0 spiro atoms. The van der Waals surface area contributed by atoms with Crippen LogP contribution in [0.3, 0.4) is 0 Å². The molecule has 1 aromatic carbocycles.